The molecule has 4 heteroatoms. The molecule has 1 aliphatic rings. The number of hydrogen-bond donors (Lipinski definition) is 1. The number of nitrogens with zero attached hydrogens (tertiary/aromatic N) is 1. The van der Waals surface area contributed by atoms with Crippen LogP contribution in [-0.2, 0) is 9.53 Å². The van der Waals surface area contributed by atoms with Crippen LogP contribution in [0, 0.1) is 6.92 Å². The number of ether oxygens (including phenoxy) is 1. The van der Waals surface area contributed by atoms with E-state index in [2.05, 4.69) is 0 Å². The molecular formula is C17H23NO3. The summed E-state index contributed by atoms with van der Waals surface area (Å²) in [4.78, 5) is 14.3. The molecule has 0 saturated carbocycles. The second kappa shape index (κ2) is 6.87. The monoisotopic (exact) mass is 289 g/mol. The number of aryl methyl sites for hydroxylation is 1. The fourth-order valence-electron chi connectivity index (χ4n) is 2.41. The Morgan fingerprint density at radius 3 is 2.71 bits per heavy atom. The van der Waals surface area contributed by atoms with Crippen LogP contribution in [0.5, 0.6) is 0 Å². The first-order valence-electron chi connectivity index (χ1n) is 7.29. The molecule has 1 heterocycles. The summed E-state index contributed by atoms with van der Waals surface area (Å²) in [5.74, 6) is 0.00447. The van der Waals surface area contributed by atoms with Crippen molar-refractivity contribution in [2.45, 2.75) is 32.9 Å². The summed E-state index contributed by atoms with van der Waals surface area (Å²) in [5, 5.41) is 9.20. The minimum Gasteiger partial charge on any atom is -0.394 e. The summed E-state index contributed by atoms with van der Waals surface area (Å²) >= 11 is 0. The van der Waals surface area contributed by atoms with Crippen molar-refractivity contribution >= 4 is 12.0 Å². The van der Waals surface area contributed by atoms with Crippen molar-refractivity contribution in [3.8, 4) is 0 Å². The van der Waals surface area contributed by atoms with Gasteiger partial charge in [-0.05, 0) is 32.4 Å². The van der Waals surface area contributed by atoms with E-state index in [1.54, 1.807) is 4.90 Å². The van der Waals surface area contributed by atoms with E-state index in [1.165, 1.54) is 5.56 Å². The molecule has 1 aromatic rings. The Labute approximate surface area is 126 Å². The molecule has 0 bridgehead atoms. The number of carbonyl (C=O) groups excluding carboxylic acids is 1. The summed E-state index contributed by atoms with van der Waals surface area (Å²) in [6, 6.07) is 8.10. The molecule has 2 atom stereocenters. The van der Waals surface area contributed by atoms with Gasteiger partial charge >= 0.3 is 0 Å². The van der Waals surface area contributed by atoms with E-state index in [1.807, 2.05) is 51.1 Å². The average Bonchev–Trinajstić information content (AvgIpc) is 2.49. The highest BCUT2D eigenvalue weighted by Crippen LogP contribution is 2.16. The molecule has 1 N–H and O–H groups in total. The lowest BCUT2D eigenvalue weighted by atomic mass is 10.1. The number of amides is 1. The Balaban J connectivity index is 2.12. The van der Waals surface area contributed by atoms with E-state index < -0.39 is 0 Å². The lowest BCUT2D eigenvalue weighted by Crippen LogP contribution is -2.52. The van der Waals surface area contributed by atoms with Crippen LogP contribution in [0.2, 0.25) is 0 Å². The van der Waals surface area contributed by atoms with E-state index in [0.29, 0.717) is 18.7 Å². The average molecular weight is 289 g/mol. The SMILES string of the molecule is C/C(=C\c1ccc(C)cc1)C(=O)N1CC(CO)OCC1C. The first kappa shape index (κ1) is 15.7. The highest BCUT2D eigenvalue weighted by molar-refractivity contribution is 5.97. The highest BCUT2D eigenvalue weighted by atomic mass is 16.5. The van der Waals surface area contributed by atoms with Gasteiger partial charge in [-0.1, -0.05) is 29.8 Å². The van der Waals surface area contributed by atoms with Gasteiger partial charge in [0.1, 0.15) is 0 Å². The normalized spacial score (nSPS) is 23.2. The Morgan fingerprint density at radius 2 is 2.10 bits per heavy atom. The number of aliphatic hydroxyl groups is 1. The predicted molar refractivity (Wildman–Crippen MR) is 82.8 cm³/mol. The highest BCUT2D eigenvalue weighted by Gasteiger charge is 2.29. The van der Waals surface area contributed by atoms with Gasteiger partial charge < -0.3 is 14.7 Å². The van der Waals surface area contributed by atoms with Gasteiger partial charge in [0.2, 0.25) is 5.91 Å². The van der Waals surface area contributed by atoms with Gasteiger partial charge in [-0.15, -0.1) is 0 Å². The minimum absolute atomic E-state index is 0.00447. The molecule has 2 unspecified atom stereocenters. The maximum absolute atomic E-state index is 12.6. The summed E-state index contributed by atoms with van der Waals surface area (Å²) in [6.07, 6.45) is 1.62. The van der Waals surface area contributed by atoms with Crippen LogP contribution in [0.15, 0.2) is 29.8 Å². The van der Waals surface area contributed by atoms with Crippen LogP contribution >= 0.6 is 0 Å². The summed E-state index contributed by atoms with van der Waals surface area (Å²) in [7, 11) is 0. The van der Waals surface area contributed by atoms with Crippen molar-refractivity contribution in [2.24, 2.45) is 0 Å². The van der Waals surface area contributed by atoms with Crippen LogP contribution in [-0.4, -0.2) is 47.8 Å². The van der Waals surface area contributed by atoms with Gasteiger partial charge in [0.25, 0.3) is 0 Å². The maximum Gasteiger partial charge on any atom is 0.249 e. The molecule has 1 aliphatic heterocycles. The number of carbonyl (C=O) groups is 1. The van der Waals surface area contributed by atoms with Crippen molar-refractivity contribution in [1.82, 2.24) is 4.90 Å². The third kappa shape index (κ3) is 3.93. The number of hydrogen-bond acceptors (Lipinski definition) is 3. The molecule has 1 saturated heterocycles. The summed E-state index contributed by atoms with van der Waals surface area (Å²) in [5.41, 5.74) is 2.92. The van der Waals surface area contributed by atoms with Crippen LogP contribution < -0.4 is 0 Å². The number of benzene rings is 1. The van der Waals surface area contributed by atoms with Gasteiger partial charge in [0, 0.05) is 12.1 Å². The molecule has 2 rings (SSSR count). The first-order chi connectivity index (χ1) is 10.0. The number of morpholine rings is 1. The van der Waals surface area contributed by atoms with Crippen LogP contribution in [0.3, 0.4) is 0 Å². The van der Waals surface area contributed by atoms with E-state index >= 15 is 0 Å². The van der Waals surface area contributed by atoms with E-state index in [4.69, 9.17) is 4.74 Å². The topological polar surface area (TPSA) is 49.8 Å². The minimum atomic E-state index is -0.280. The standard InChI is InChI=1S/C17H23NO3/c1-12-4-6-15(7-5-12)8-13(2)17(20)18-9-16(10-19)21-11-14(18)3/h4-8,14,16,19H,9-11H2,1-3H3/b13-8+. The Hall–Kier alpha value is -1.65. The first-order valence-corrected chi connectivity index (χ1v) is 7.29. The van der Waals surface area contributed by atoms with Gasteiger partial charge in [0.05, 0.1) is 25.4 Å². The molecule has 0 spiro atoms. The Morgan fingerprint density at radius 1 is 1.43 bits per heavy atom. The largest absolute Gasteiger partial charge is 0.394 e. The molecule has 0 aromatic heterocycles. The molecule has 1 aromatic carbocycles. The van der Waals surface area contributed by atoms with Crippen molar-refractivity contribution in [1.29, 1.82) is 0 Å². The Bertz CT molecular complexity index is 521. The summed E-state index contributed by atoms with van der Waals surface area (Å²) < 4.78 is 5.47. The fraction of sp³-hybridized carbons (Fsp3) is 0.471. The zero-order valence-corrected chi connectivity index (χ0v) is 12.9. The molecule has 1 amide bonds. The molecular weight excluding hydrogens is 266 g/mol. The van der Waals surface area contributed by atoms with Crippen LogP contribution in [0.4, 0.5) is 0 Å². The lowest BCUT2D eigenvalue weighted by Gasteiger charge is -2.37. The van der Waals surface area contributed by atoms with Crippen molar-refractivity contribution in [2.75, 3.05) is 19.8 Å². The van der Waals surface area contributed by atoms with Gasteiger partial charge in [-0.2, -0.15) is 0 Å². The molecule has 4 nitrogen and oxygen atoms in total. The Kier molecular flexibility index (Phi) is 5.15. The zero-order valence-electron chi connectivity index (χ0n) is 12.9. The van der Waals surface area contributed by atoms with Crippen LogP contribution in [0.25, 0.3) is 6.08 Å². The molecule has 1 fully saturated rings. The van der Waals surface area contributed by atoms with Gasteiger partial charge in [-0.25, -0.2) is 0 Å². The van der Waals surface area contributed by atoms with E-state index in [9.17, 15) is 9.90 Å². The molecule has 21 heavy (non-hydrogen) atoms. The van der Waals surface area contributed by atoms with Crippen molar-refractivity contribution in [3.63, 3.8) is 0 Å². The molecule has 0 aliphatic carbocycles. The third-order valence-electron chi connectivity index (χ3n) is 3.77. The van der Waals surface area contributed by atoms with Crippen LogP contribution in [0.1, 0.15) is 25.0 Å². The predicted octanol–water partition coefficient (Wildman–Crippen LogP) is 2.01. The van der Waals surface area contributed by atoms with E-state index in [0.717, 1.165) is 5.56 Å². The van der Waals surface area contributed by atoms with Crippen molar-refractivity contribution in [3.05, 3.63) is 41.0 Å². The van der Waals surface area contributed by atoms with Gasteiger partial charge in [0.15, 0.2) is 0 Å². The summed E-state index contributed by atoms with van der Waals surface area (Å²) in [6.45, 7) is 6.68. The quantitative estimate of drug-likeness (QED) is 0.866. The second-order valence-corrected chi connectivity index (χ2v) is 5.68. The smallest absolute Gasteiger partial charge is 0.249 e. The lowest BCUT2D eigenvalue weighted by molar-refractivity contribution is -0.141. The molecule has 114 valence electrons. The third-order valence-corrected chi connectivity index (χ3v) is 3.77. The number of rotatable bonds is 3. The molecule has 0 radical (unpaired) electrons. The second-order valence-electron chi connectivity index (χ2n) is 5.68. The zero-order chi connectivity index (χ0) is 15.4. The number of aliphatic hydroxyl groups excluding tert-OH is 1. The van der Waals surface area contributed by atoms with E-state index in [-0.39, 0.29) is 24.7 Å². The van der Waals surface area contributed by atoms with Gasteiger partial charge in [-0.3, -0.25) is 4.79 Å². The maximum atomic E-state index is 12.6. The van der Waals surface area contributed by atoms with Crippen molar-refractivity contribution < 1.29 is 14.6 Å². The fourth-order valence-corrected chi connectivity index (χ4v) is 2.41.